The Labute approximate surface area is 59.1 Å². The monoisotopic (exact) mass is 133 g/mol. The Kier molecular flexibility index (Phi) is 1.71. The van der Waals surface area contributed by atoms with Gasteiger partial charge in [-0.05, 0) is 6.07 Å². The zero-order valence-corrected chi connectivity index (χ0v) is 5.11. The van der Waals surface area contributed by atoms with Gasteiger partial charge in [-0.3, -0.25) is 4.98 Å². The van der Waals surface area contributed by atoms with Gasteiger partial charge in [-0.1, -0.05) is 5.46 Å². The molecule has 10 heavy (non-hydrogen) atoms. The van der Waals surface area contributed by atoms with Crippen molar-refractivity contribution in [2.75, 3.05) is 0 Å². The highest BCUT2D eigenvalue weighted by Crippen LogP contribution is 1.90. The molecule has 0 atom stereocenters. The van der Waals surface area contributed by atoms with E-state index >= 15 is 0 Å². The van der Waals surface area contributed by atoms with Crippen LogP contribution in [0.1, 0.15) is 10.4 Å². The molecule has 2 radical (unpaired) electrons. The molecule has 48 valence electrons. The lowest BCUT2D eigenvalue weighted by Gasteiger charge is -1.96. The van der Waals surface area contributed by atoms with E-state index in [-0.39, 0.29) is 11.0 Å². The highest BCUT2D eigenvalue weighted by Gasteiger charge is 2.03. The van der Waals surface area contributed by atoms with Gasteiger partial charge in [0.1, 0.15) is 7.85 Å². The Morgan fingerprint density at radius 3 is 2.80 bits per heavy atom. The van der Waals surface area contributed by atoms with E-state index in [1.54, 1.807) is 0 Å². The second-order valence-corrected chi connectivity index (χ2v) is 1.77. The molecule has 1 N–H and O–H groups in total. The molecule has 1 heterocycles. The maximum absolute atomic E-state index is 10.3. The minimum Gasteiger partial charge on any atom is -0.478 e. The van der Waals surface area contributed by atoms with Crippen LogP contribution in [0.25, 0.3) is 0 Å². The van der Waals surface area contributed by atoms with Gasteiger partial charge >= 0.3 is 5.97 Å². The van der Waals surface area contributed by atoms with E-state index < -0.39 is 5.97 Å². The molecule has 0 saturated heterocycles. The van der Waals surface area contributed by atoms with Crippen LogP contribution in [-0.4, -0.2) is 23.9 Å². The van der Waals surface area contributed by atoms with Crippen molar-refractivity contribution in [1.82, 2.24) is 4.98 Å². The molecule has 0 bridgehead atoms. The van der Waals surface area contributed by atoms with Crippen LogP contribution in [0, 0.1) is 0 Å². The smallest absolute Gasteiger partial charge is 0.335 e. The van der Waals surface area contributed by atoms with Gasteiger partial charge in [-0.25, -0.2) is 4.79 Å². The molecule has 0 aliphatic carbocycles. The van der Waals surface area contributed by atoms with Crippen LogP contribution in [0.3, 0.4) is 0 Å². The summed E-state index contributed by atoms with van der Waals surface area (Å²) in [6.07, 6.45) is 2.70. The molecule has 1 aromatic rings. The van der Waals surface area contributed by atoms with Crippen LogP contribution in [-0.2, 0) is 0 Å². The molecule has 0 aromatic carbocycles. The number of carboxylic acids is 1. The fourth-order valence-corrected chi connectivity index (χ4v) is 0.601. The molecule has 0 amide bonds. The minimum absolute atomic E-state index is 0.0926. The summed E-state index contributed by atoms with van der Waals surface area (Å²) in [5.41, 5.74) is 0.282. The summed E-state index contributed by atoms with van der Waals surface area (Å²) >= 11 is 0. The Morgan fingerprint density at radius 1 is 1.70 bits per heavy atom. The Bertz CT molecular complexity index is 262. The van der Waals surface area contributed by atoms with Crippen LogP contribution < -0.4 is 5.46 Å². The van der Waals surface area contributed by atoms with Gasteiger partial charge in [0.2, 0.25) is 0 Å². The van der Waals surface area contributed by atoms with Crippen LogP contribution >= 0.6 is 0 Å². The van der Waals surface area contributed by atoms with Crippen molar-refractivity contribution >= 4 is 19.3 Å². The highest BCUT2D eigenvalue weighted by molar-refractivity contribution is 6.35. The first-order chi connectivity index (χ1) is 4.72. The summed E-state index contributed by atoms with van der Waals surface area (Å²) in [5, 5.41) is 8.46. The molecule has 0 saturated carbocycles. The second kappa shape index (κ2) is 2.52. The van der Waals surface area contributed by atoms with E-state index in [1.165, 1.54) is 18.5 Å². The van der Waals surface area contributed by atoms with Crippen molar-refractivity contribution in [3.63, 3.8) is 0 Å². The normalized spacial score (nSPS) is 9.20. The quantitative estimate of drug-likeness (QED) is 0.529. The van der Waals surface area contributed by atoms with Gasteiger partial charge in [0.15, 0.2) is 0 Å². The Morgan fingerprint density at radius 2 is 2.40 bits per heavy atom. The molecule has 1 aromatic heterocycles. The Balaban J connectivity index is 3.15. The molecule has 1 rings (SSSR count). The standard InChI is InChI=1S/C6H4BNO2/c7-5-3-8-2-1-4(5)6(9)10/h1-3H,(H,9,10). The van der Waals surface area contributed by atoms with Crippen LogP contribution in [0.4, 0.5) is 0 Å². The molecule has 4 heteroatoms. The fourth-order valence-electron chi connectivity index (χ4n) is 0.601. The van der Waals surface area contributed by atoms with E-state index in [9.17, 15) is 4.79 Å². The van der Waals surface area contributed by atoms with Gasteiger partial charge in [0.05, 0.1) is 5.56 Å². The van der Waals surface area contributed by atoms with Gasteiger partial charge in [-0.15, -0.1) is 0 Å². The lowest BCUT2D eigenvalue weighted by atomic mass is 9.93. The third-order valence-corrected chi connectivity index (χ3v) is 1.08. The number of hydrogen-bond acceptors (Lipinski definition) is 2. The van der Waals surface area contributed by atoms with Crippen molar-refractivity contribution in [2.45, 2.75) is 0 Å². The largest absolute Gasteiger partial charge is 0.478 e. The molecule has 0 fully saturated rings. The third-order valence-electron chi connectivity index (χ3n) is 1.08. The van der Waals surface area contributed by atoms with Crippen molar-refractivity contribution in [3.05, 3.63) is 24.0 Å². The summed E-state index contributed by atoms with van der Waals surface area (Å²) in [7, 11) is 5.28. The number of aromatic nitrogens is 1. The summed E-state index contributed by atoms with van der Waals surface area (Å²) in [5.74, 6) is -1.03. The number of pyridine rings is 1. The van der Waals surface area contributed by atoms with E-state index in [0.717, 1.165) is 0 Å². The zero-order valence-electron chi connectivity index (χ0n) is 5.11. The van der Waals surface area contributed by atoms with Crippen LogP contribution in [0.5, 0.6) is 0 Å². The molecule has 0 aliphatic rings. The Hall–Kier alpha value is -1.32. The zero-order chi connectivity index (χ0) is 7.56. The number of rotatable bonds is 1. The number of carboxylic acid groups (broad SMARTS) is 1. The van der Waals surface area contributed by atoms with E-state index in [1.807, 2.05) is 0 Å². The molecular formula is C6H4BNO2. The molecule has 3 nitrogen and oxygen atoms in total. The van der Waals surface area contributed by atoms with E-state index in [2.05, 4.69) is 4.98 Å². The number of hydrogen-bond donors (Lipinski definition) is 1. The first kappa shape index (κ1) is 6.80. The summed E-state index contributed by atoms with van der Waals surface area (Å²) in [6, 6.07) is 1.36. The number of aromatic carboxylic acids is 1. The first-order valence-electron chi connectivity index (χ1n) is 2.64. The van der Waals surface area contributed by atoms with Gasteiger partial charge in [-0.2, -0.15) is 0 Å². The summed E-state index contributed by atoms with van der Waals surface area (Å²) in [4.78, 5) is 14.0. The second-order valence-electron chi connectivity index (χ2n) is 1.77. The van der Waals surface area contributed by atoms with Crippen LogP contribution in [0.2, 0.25) is 0 Å². The van der Waals surface area contributed by atoms with E-state index in [0.29, 0.717) is 0 Å². The highest BCUT2D eigenvalue weighted by atomic mass is 16.4. The third kappa shape index (κ3) is 1.15. The van der Waals surface area contributed by atoms with Crippen molar-refractivity contribution in [1.29, 1.82) is 0 Å². The summed E-state index contributed by atoms with van der Waals surface area (Å²) < 4.78 is 0. The van der Waals surface area contributed by atoms with Crippen molar-refractivity contribution < 1.29 is 9.90 Å². The summed E-state index contributed by atoms with van der Waals surface area (Å²) in [6.45, 7) is 0. The van der Waals surface area contributed by atoms with Gasteiger partial charge in [0.25, 0.3) is 0 Å². The molecule has 0 spiro atoms. The van der Waals surface area contributed by atoms with E-state index in [4.69, 9.17) is 13.0 Å². The number of nitrogens with zero attached hydrogens (tertiary/aromatic N) is 1. The maximum Gasteiger partial charge on any atom is 0.335 e. The molecule has 0 aliphatic heterocycles. The van der Waals surface area contributed by atoms with Crippen molar-refractivity contribution in [2.24, 2.45) is 0 Å². The average Bonchev–Trinajstić information content (AvgIpc) is 1.88. The lowest BCUT2D eigenvalue weighted by Crippen LogP contribution is -2.15. The predicted molar refractivity (Wildman–Crippen MR) is 36.6 cm³/mol. The maximum atomic E-state index is 10.3. The molecule has 0 unspecified atom stereocenters. The van der Waals surface area contributed by atoms with Crippen molar-refractivity contribution in [3.8, 4) is 0 Å². The molecular weight excluding hydrogens is 129 g/mol. The lowest BCUT2D eigenvalue weighted by molar-refractivity contribution is 0.0698. The number of carbonyl (C=O) groups is 1. The minimum atomic E-state index is -1.03. The first-order valence-corrected chi connectivity index (χ1v) is 2.64. The SMILES string of the molecule is [B]c1cnccc1C(=O)O. The topological polar surface area (TPSA) is 50.2 Å². The van der Waals surface area contributed by atoms with Gasteiger partial charge in [0, 0.05) is 12.4 Å². The van der Waals surface area contributed by atoms with Gasteiger partial charge < -0.3 is 5.11 Å². The van der Waals surface area contributed by atoms with Crippen LogP contribution in [0.15, 0.2) is 18.5 Å². The predicted octanol–water partition coefficient (Wildman–Crippen LogP) is -0.426. The average molecular weight is 133 g/mol. The fraction of sp³-hybridized carbons (Fsp3) is 0.